The molecule has 0 spiro atoms. The normalized spacial score (nSPS) is 15.7. The third kappa shape index (κ3) is 4.52. The molecule has 1 saturated heterocycles. The zero-order chi connectivity index (χ0) is 24.7. The molecule has 0 unspecified atom stereocenters. The van der Waals surface area contributed by atoms with Gasteiger partial charge in [0, 0.05) is 44.0 Å². The maximum Gasteiger partial charge on any atom is 0.251 e. The quantitative estimate of drug-likeness (QED) is 0.407. The maximum absolute atomic E-state index is 12.7. The van der Waals surface area contributed by atoms with Crippen molar-refractivity contribution in [3.8, 4) is 11.3 Å². The summed E-state index contributed by atoms with van der Waals surface area (Å²) in [6, 6.07) is 6.37. The first kappa shape index (κ1) is 23.4. The van der Waals surface area contributed by atoms with E-state index < -0.39 is 6.43 Å². The molecule has 35 heavy (non-hydrogen) atoms. The minimum atomic E-state index is -2.29. The summed E-state index contributed by atoms with van der Waals surface area (Å²) in [4.78, 5) is 16.1. The fourth-order valence-corrected chi connectivity index (χ4v) is 4.96. The number of nitrogens with zero attached hydrogens (tertiary/aromatic N) is 7. The van der Waals surface area contributed by atoms with Crippen LogP contribution in [0.15, 0.2) is 24.4 Å². The Balaban J connectivity index is 1.44. The minimum Gasteiger partial charge on any atom is -0.371 e. The standard InChI is InChI=1S/C24H31F2N9/c1-14(2)35-15(3)28-19-6-5-18(30-23(19)35)17-9-12-34-21(17)22(27-4)31-24(32-34)29-16-7-10-33(11-8-16)13-20(25)26/h5-6,9,12,14,16,20H,7-8,10-11,13H2,1-4H3,(H2,27,29,31,32). The molecule has 1 aliphatic rings. The van der Waals surface area contributed by atoms with E-state index in [1.165, 1.54) is 0 Å². The average molecular weight is 484 g/mol. The fraction of sp³-hybridized carbons (Fsp3) is 0.500. The summed E-state index contributed by atoms with van der Waals surface area (Å²) in [5.74, 6) is 2.14. The van der Waals surface area contributed by atoms with Gasteiger partial charge >= 0.3 is 0 Å². The highest BCUT2D eigenvalue weighted by Crippen LogP contribution is 2.31. The Bertz CT molecular complexity index is 1340. The molecule has 0 atom stereocenters. The summed E-state index contributed by atoms with van der Waals surface area (Å²) < 4.78 is 29.3. The molecule has 0 radical (unpaired) electrons. The smallest absolute Gasteiger partial charge is 0.251 e. The highest BCUT2D eigenvalue weighted by molar-refractivity contribution is 5.89. The van der Waals surface area contributed by atoms with Gasteiger partial charge < -0.3 is 15.2 Å². The zero-order valence-electron chi connectivity index (χ0n) is 20.5. The molecular weight excluding hydrogens is 452 g/mol. The summed E-state index contributed by atoms with van der Waals surface area (Å²) in [5.41, 5.74) is 4.33. The van der Waals surface area contributed by atoms with Crippen molar-refractivity contribution in [1.29, 1.82) is 0 Å². The molecule has 0 bridgehead atoms. The molecule has 0 aliphatic carbocycles. The van der Waals surface area contributed by atoms with Gasteiger partial charge in [-0.1, -0.05) is 0 Å². The Morgan fingerprint density at radius 2 is 1.86 bits per heavy atom. The van der Waals surface area contributed by atoms with Crippen molar-refractivity contribution < 1.29 is 8.78 Å². The molecule has 9 nitrogen and oxygen atoms in total. The summed E-state index contributed by atoms with van der Waals surface area (Å²) in [6.07, 6.45) is 1.15. The van der Waals surface area contributed by atoms with Gasteiger partial charge in [-0.3, -0.25) is 4.90 Å². The largest absolute Gasteiger partial charge is 0.371 e. The molecule has 2 N–H and O–H groups in total. The predicted octanol–water partition coefficient (Wildman–Crippen LogP) is 4.21. The van der Waals surface area contributed by atoms with Gasteiger partial charge in [0.05, 0.1) is 12.2 Å². The van der Waals surface area contributed by atoms with Gasteiger partial charge in [0.2, 0.25) is 5.95 Å². The first-order valence-corrected chi connectivity index (χ1v) is 12.0. The summed E-state index contributed by atoms with van der Waals surface area (Å²) in [7, 11) is 1.83. The molecule has 1 aliphatic heterocycles. The molecule has 186 valence electrons. The lowest BCUT2D eigenvalue weighted by Crippen LogP contribution is -2.41. The van der Waals surface area contributed by atoms with Crippen LogP contribution in [0.2, 0.25) is 0 Å². The van der Waals surface area contributed by atoms with Crippen molar-refractivity contribution in [2.24, 2.45) is 0 Å². The molecule has 5 rings (SSSR count). The number of piperidine rings is 1. The van der Waals surface area contributed by atoms with Crippen LogP contribution < -0.4 is 10.6 Å². The van der Waals surface area contributed by atoms with Gasteiger partial charge in [-0.05, 0) is 51.8 Å². The number of fused-ring (bicyclic) bond motifs is 2. The number of hydrogen-bond acceptors (Lipinski definition) is 7. The molecule has 0 saturated carbocycles. The number of likely N-dealkylation sites (tertiary alicyclic amines) is 1. The molecular formula is C24H31F2N9. The third-order valence-corrected chi connectivity index (χ3v) is 6.57. The van der Waals surface area contributed by atoms with E-state index in [0.717, 1.165) is 46.6 Å². The van der Waals surface area contributed by atoms with Crippen LogP contribution in [0, 0.1) is 6.92 Å². The topological polar surface area (TPSA) is 88.2 Å². The maximum atomic E-state index is 12.7. The second kappa shape index (κ2) is 9.37. The predicted molar refractivity (Wildman–Crippen MR) is 133 cm³/mol. The lowest BCUT2D eigenvalue weighted by atomic mass is 10.1. The second-order valence-electron chi connectivity index (χ2n) is 9.33. The highest BCUT2D eigenvalue weighted by atomic mass is 19.3. The number of hydrogen-bond donors (Lipinski definition) is 2. The van der Waals surface area contributed by atoms with Crippen LogP contribution in [0.1, 0.15) is 38.6 Å². The van der Waals surface area contributed by atoms with Crippen LogP contribution in [-0.2, 0) is 0 Å². The SMILES string of the molecule is CNc1nc(NC2CCN(CC(F)F)CC2)nn2ccc(-c3ccc4nc(C)n(C(C)C)c4n3)c12. The Labute approximate surface area is 202 Å². The van der Waals surface area contributed by atoms with Crippen LogP contribution in [0.25, 0.3) is 27.9 Å². The van der Waals surface area contributed by atoms with E-state index in [1.807, 2.05) is 38.4 Å². The molecule has 11 heteroatoms. The number of alkyl halides is 2. The van der Waals surface area contributed by atoms with Crippen LogP contribution >= 0.6 is 0 Å². The van der Waals surface area contributed by atoms with Crippen molar-refractivity contribution in [1.82, 2.24) is 34.0 Å². The zero-order valence-corrected chi connectivity index (χ0v) is 20.5. The van der Waals surface area contributed by atoms with Crippen LogP contribution in [0.5, 0.6) is 0 Å². The molecule has 4 aromatic heterocycles. The molecule has 1 fully saturated rings. The Morgan fingerprint density at radius 1 is 1.09 bits per heavy atom. The number of aromatic nitrogens is 6. The fourth-order valence-electron chi connectivity index (χ4n) is 4.96. The Kier molecular flexibility index (Phi) is 6.26. The third-order valence-electron chi connectivity index (χ3n) is 6.57. The van der Waals surface area contributed by atoms with E-state index in [2.05, 4.69) is 39.1 Å². The number of pyridine rings is 1. The van der Waals surface area contributed by atoms with Crippen molar-refractivity contribution in [2.75, 3.05) is 37.3 Å². The van der Waals surface area contributed by atoms with Crippen molar-refractivity contribution >= 4 is 28.4 Å². The first-order chi connectivity index (χ1) is 16.8. The van der Waals surface area contributed by atoms with Crippen LogP contribution in [0.3, 0.4) is 0 Å². The van der Waals surface area contributed by atoms with Crippen molar-refractivity contribution in [2.45, 2.75) is 52.1 Å². The Morgan fingerprint density at radius 3 is 2.54 bits per heavy atom. The van der Waals surface area contributed by atoms with E-state index in [1.54, 1.807) is 9.42 Å². The number of imidazole rings is 1. The second-order valence-corrected chi connectivity index (χ2v) is 9.33. The number of anilines is 2. The van der Waals surface area contributed by atoms with Crippen molar-refractivity contribution in [3.05, 3.63) is 30.2 Å². The van der Waals surface area contributed by atoms with E-state index in [-0.39, 0.29) is 18.6 Å². The van der Waals surface area contributed by atoms with E-state index in [9.17, 15) is 8.78 Å². The van der Waals surface area contributed by atoms with E-state index in [4.69, 9.17) is 9.97 Å². The molecule has 0 amide bonds. The summed E-state index contributed by atoms with van der Waals surface area (Å²) in [6.45, 7) is 7.36. The van der Waals surface area contributed by atoms with Crippen LogP contribution in [0.4, 0.5) is 20.5 Å². The number of halogens is 2. The van der Waals surface area contributed by atoms with Gasteiger partial charge in [-0.25, -0.2) is 23.3 Å². The lowest BCUT2D eigenvalue weighted by Gasteiger charge is -2.32. The minimum absolute atomic E-state index is 0.143. The summed E-state index contributed by atoms with van der Waals surface area (Å²) >= 11 is 0. The summed E-state index contributed by atoms with van der Waals surface area (Å²) in [5, 5.41) is 11.3. The van der Waals surface area contributed by atoms with E-state index in [0.29, 0.717) is 24.9 Å². The lowest BCUT2D eigenvalue weighted by molar-refractivity contribution is 0.0769. The van der Waals surface area contributed by atoms with Gasteiger partial charge in [0.1, 0.15) is 16.9 Å². The van der Waals surface area contributed by atoms with Crippen molar-refractivity contribution in [3.63, 3.8) is 0 Å². The van der Waals surface area contributed by atoms with Gasteiger partial charge in [0.15, 0.2) is 11.5 Å². The average Bonchev–Trinajstić information content (AvgIpc) is 3.39. The highest BCUT2D eigenvalue weighted by Gasteiger charge is 2.23. The molecule has 5 heterocycles. The molecule has 0 aromatic carbocycles. The number of nitrogens with one attached hydrogen (secondary N) is 2. The molecule has 4 aromatic rings. The monoisotopic (exact) mass is 483 g/mol. The first-order valence-electron chi connectivity index (χ1n) is 12.0. The Hall–Kier alpha value is -3.34. The number of rotatable bonds is 7. The van der Waals surface area contributed by atoms with Crippen LogP contribution in [-0.4, -0.2) is 73.2 Å². The van der Waals surface area contributed by atoms with Gasteiger partial charge in [-0.2, -0.15) is 4.98 Å². The van der Waals surface area contributed by atoms with Gasteiger partial charge in [0.25, 0.3) is 6.43 Å². The van der Waals surface area contributed by atoms with E-state index >= 15 is 0 Å². The van der Waals surface area contributed by atoms with Gasteiger partial charge in [-0.15, -0.1) is 5.10 Å². The number of aryl methyl sites for hydroxylation is 1.